The van der Waals surface area contributed by atoms with E-state index in [1.807, 2.05) is 6.92 Å². The summed E-state index contributed by atoms with van der Waals surface area (Å²) in [7, 11) is 0. The van der Waals surface area contributed by atoms with Crippen LogP contribution in [0.3, 0.4) is 0 Å². The highest BCUT2D eigenvalue weighted by atomic mass is 35.5. The first-order valence-electron chi connectivity index (χ1n) is 7.53. The predicted molar refractivity (Wildman–Crippen MR) is 92.1 cm³/mol. The Morgan fingerprint density at radius 3 is 2.64 bits per heavy atom. The number of aryl methyl sites for hydroxylation is 1. The number of benzene rings is 1. The van der Waals surface area contributed by atoms with E-state index in [2.05, 4.69) is 10.4 Å². The number of aromatic nitrogens is 2. The van der Waals surface area contributed by atoms with Crippen molar-refractivity contribution in [1.29, 1.82) is 0 Å². The summed E-state index contributed by atoms with van der Waals surface area (Å²) in [5.41, 5.74) is 5.75. The van der Waals surface area contributed by atoms with E-state index in [0.717, 1.165) is 18.6 Å². The summed E-state index contributed by atoms with van der Waals surface area (Å²) < 4.78 is 39.9. The summed E-state index contributed by atoms with van der Waals surface area (Å²) >= 11 is 0. The first-order valence-corrected chi connectivity index (χ1v) is 7.53. The number of nitrogens with zero attached hydrogens (tertiary/aromatic N) is 2. The summed E-state index contributed by atoms with van der Waals surface area (Å²) in [5, 5.41) is 6.78. The number of hydrogen-bond donors (Lipinski definition) is 2. The summed E-state index contributed by atoms with van der Waals surface area (Å²) in [6.07, 6.45) is -3.19. The molecule has 25 heavy (non-hydrogen) atoms. The van der Waals surface area contributed by atoms with Crippen LogP contribution in [0.5, 0.6) is 0 Å². The van der Waals surface area contributed by atoms with Crippen LogP contribution in [0.4, 0.5) is 19.0 Å². The molecular weight excluding hydrogens is 357 g/mol. The fourth-order valence-electron chi connectivity index (χ4n) is 2.26. The van der Waals surface area contributed by atoms with Gasteiger partial charge in [-0.05, 0) is 31.5 Å². The van der Waals surface area contributed by atoms with Crippen LogP contribution >= 0.6 is 12.4 Å². The van der Waals surface area contributed by atoms with Crippen molar-refractivity contribution in [3.63, 3.8) is 0 Å². The number of carbonyl (C=O) groups excluding carboxylic acids is 1. The van der Waals surface area contributed by atoms with Crippen molar-refractivity contribution in [2.45, 2.75) is 38.9 Å². The molecule has 1 atom stereocenters. The van der Waals surface area contributed by atoms with Crippen molar-refractivity contribution < 1.29 is 18.0 Å². The quantitative estimate of drug-likeness (QED) is 0.835. The van der Waals surface area contributed by atoms with E-state index in [4.69, 9.17) is 5.73 Å². The highest BCUT2D eigenvalue weighted by Crippen LogP contribution is 2.31. The molecule has 0 aliphatic carbocycles. The molecule has 0 saturated carbocycles. The number of nitrogens with one attached hydrogen (secondary N) is 1. The molecule has 1 unspecified atom stereocenters. The Hall–Kier alpha value is -2.06. The first-order chi connectivity index (χ1) is 11.2. The van der Waals surface area contributed by atoms with Crippen molar-refractivity contribution in [3.8, 4) is 5.69 Å². The lowest BCUT2D eigenvalue weighted by atomic mass is 10.1. The second kappa shape index (κ2) is 8.35. The van der Waals surface area contributed by atoms with Crippen molar-refractivity contribution in [2.24, 2.45) is 5.73 Å². The van der Waals surface area contributed by atoms with Gasteiger partial charge in [0.1, 0.15) is 5.82 Å². The molecule has 1 amide bonds. The van der Waals surface area contributed by atoms with Crippen LogP contribution in [0.1, 0.15) is 31.0 Å². The van der Waals surface area contributed by atoms with E-state index < -0.39 is 23.7 Å². The van der Waals surface area contributed by atoms with Gasteiger partial charge < -0.3 is 11.1 Å². The molecule has 3 N–H and O–H groups in total. The standard InChI is InChI=1S/C16H19F3N4O.ClH/c1-3-5-13(20)15(24)21-14-8-10(2)22-23(14)12-7-4-6-11(9-12)16(17,18)19;/h4,6-9,13H,3,5,20H2,1-2H3,(H,21,24);1H. The largest absolute Gasteiger partial charge is 0.416 e. The molecule has 1 heterocycles. The molecule has 0 fully saturated rings. The molecule has 0 saturated heterocycles. The van der Waals surface area contributed by atoms with Gasteiger partial charge in [0, 0.05) is 6.07 Å². The van der Waals surface area contributed by atoms with Crippen LogP contribution in [0.15, 0.2) is 30.3 Å². The van der Waals surface area contributed by atoms with E-state index >= 15 is 0 Å². The zero-order valence-corrected chi connectivity index (χ0v) is 14.6. The van der Waals surface area contributed by atoms with Gasteiger partial charge in [0.2, 0.25) is 5.91 Å². The topological polar surface area (TPSA) is 72.9 Å². The summed E-state index contributed by atoms with van der Waals surface area (Å²) in [6, 6.07) is 5.65. The Labute approximate surface area is 149 Å². The normalized spacial score (nSPS) is 12.4. The number of carbonyl (C=O) groups is 1. The van der Waals surface area contributed by atoms with Crippen LogP contribution in [0.2, 0.25) is 0 Å². The minimum Gasteiger partial charge on any atom is -0.320 e. The maximum absolute atomic E-state index is 12.9. The maximum Gasteiger partial charge on any atom is 0.416 e. The van der Waals surface area contributed by atoms with Crippen molar-refractivity contribution >= 4 is 24.1 Å². The van der Waals surface area contributed by atoms with E-state index in [1.165, 1.54) is 16.8 Å². The zero-order valence-electron chi connectivity index (χ0n) is 13.8. The zero-order chi connectivity index (χ0) is 17.9. The number of amides is 1. The van der Waals surface area contributed by atoms with Crippen LogP contribution in [-0.2, 0) is 11.0 Å². The van der Waals surface area contributed by atoms with E-state index in [1.54, 1.807) is 13.0 Å². The fourth-order valence-corrected chi connectivity index (χ4v) is 2.26. The van der Waals surface area contributed by atoms with E-state index in [0.29, 0.717) is 12.1 Å². The van der Waals surface area contributed by atoms with Gasteiger partial charge in [0.25, 0.3) is 0 Å². The lowest BCUT2D eigenvalue weighted by Gasteiger charge is -2.14. The van der Waals surface area contributed by atoms with Gasteiger partial charge in [-0.3, -0.25) is 4.79 Å². The second-order valence-electron chi connectivity index (χ2n) is 5.52. The third-order valence-electron chi connectivity index (χ3n) is 3.44. The molecule has 2 aromatic rings. The van der Waals surface area contributed by atoms with Crippen molar-refractivity contribution in [1.82, 2.24) is 9.78 Å². The monoisotopic (exact) mass is 376 g/mol. The van der Waals surface area contributed by atoms with Gasteiger partial charge in [-0.1, -0.05) is 19.4 Å². The Morgan fingerprint density at radius 2 is 2.04 bits per heavy atom. The molecule has 1 aromatic carbocycles. The molecule has 0 aliphatic rings. The van der Waals surface area contributed by atoms with E-state index in [-0.39, 0.29) is 23.9 Å². The third kappa shape index (κ3) is 5.20. The number of nitrogens with two attached hydrogens (primary N) is 1. The molecule has 0 aliphatic heterocycles. The van der Waals surface area contributed by atoms with Crippen molar-refractivity contribution in [2.75, 3.05) is 5.32 Å². The third-order valence-corrected chi connectivity index (χ3v) is 3.44. The lowest BCUT2D eigenvalue weighted by Crippen LogP contribution is -2.35. The van der Waals surface area contributed by atoms with Gasteiger partial charge in [-0.2, -0.15) is 18.3 Å². The minimum atomic E-state index is -4.45. The lowest BCUT2D eigenvalue weighted by molar-refractivity contribution is -0.137. The first kappa shape index (κ1) is 21.0. The summed E-state index contributed by atoms with van der Waals surface area (Å²) in [6.45, 7) is 3.59. The average Bonchev–Trinajstić information content (AvgIpc) is 2.87. The van der Waals surface area contributed by atoms with Crippen molar-refractivity contribution in [3.05, 3.63) is 41.6 Å². The predicted octanol–water partition coefficient (Wildman–Crippen LogP) is 3.69. The molecule has 0 spiro atoms. The van der Waals surface area contributed by atoms with Gasteiger partial charge in [-0.25, -0.2) is 4.68 Å². The smallest absolute Gasteiger partial charge is 0.320 e. The maximum atomic E-state index is 12.9. The highest BCUT2D eigenvalue weighted by molar-refractivity contribution is 5.94. The molecule has 0 bridgehead atoms. The highest BCUT2D eigenvalue weighted by Gasteiger charge is 2.30. The number of halogens is 4. The Morgan fingerprint density at radius 1 is 1.36 bits per heavy atom. The Balaban J connectivity index is 0.00000312. The summed E-state index contributed by atoms with van der Waals surface area (Å²) in [4.78, 5) is 12.1. The fraction of sp³-hybridized carbons (Fsp3) is 0.375. The molecular formula is C16H20ClF3N4O. The van der Waals surface area contributed by atoms with Gasteiger partial charge in [0.15, 0.2) is 0 Å². The van der Waals surface area contributed by atoms with Crippen LogP contribution < -0.4 is 11.1 Å². The second-order valence-corrected chi connectivity index (χ2v) is 5.52. The van der Waals surface area contributed by atoms with E-state index in [9.17, 15) is 18.0 Å². The average molecular weight is 377 g/mol. The Bertz CT molecular complexity index is 730. The molecule has 1 aromatic heterocycles. The number of hydrogen-bond acceptors (Lipinski definition) is 3. The Kier molecular flexibility index (Phi) is 7.01. The number of rotatable bonds is 5. The molecule has 138 valence electrons. The molecule has 9 heteroatoms. The SMILES string of the molecule is CCCC(N)C(=O)Nc1cc(C)nn1-c1cccc(C(F)(F)F)c1.Cl. The van der Waals surface area contributed by atoms with Crippen LogP contribution in [0.25, 0.3) is 5.69 Å². The van der Waals surface area contributed by atoms with Gasteiger partial charge in [0.05, 0.1) is 23.0 Å². The van der Waals surface area contributed by atoms with Gasteiger partial charge >= 0.3 is 6.18 Å². The number of alkyl halides is 3. The van der Waals surface area contributed by atoms with Crippen LogP contribution in [-0.4, -0.2) is 21.7 Å². The van der Waals surface area contributed by atoms with Gasteiger partial charge in [-0.15, -0.1) is 12.4 Å². The molecule has 5 nitrogen and oxygen atoms in total. The minimum absolute atomic E-state index is 0. The molecule has 0 radical (unpaired) electrons. The summed E-state index contributed by atoms with van der Waals surface area (Å²) in [5.74, 6) is -0.117. The number of anilines is 1. The van der Waals surface area contributed by atoms with Crippen LogP contribution in [0, 0.1) is 6.92 Å². The molecule has 2 rings (SSSR count).